The molecule has 0 N–H and O–H groups in total. The number of benzene rings is 1. The van der Waals surface area contributed by atoms with Crippen LogP contribution in [0.4, 0.5) is 0 Å². The molecule has 0 saturated carbocycles. The highest BCUT2D eigenvalue weighted by Gasteiger charge is 2.07. The highest BCUT2D eigenvalue weighted by atomic mass is 16.5. The molecule has 1 aromatic heterocycles. The minimum absolute atomic E-state index is 0.433. The van der Waals surface area contributed by atoms with Crippen molar-refractivity contribution in [3.05, 3.63) is 53.9 Å². The van der Waals surface area contributed by atoms with E-state index in [4.69, 9.17) is 14.7 Å². The van der Waals surface area contributed by atoms with Gasteiger partial charge in [-0.05, 0) is 42.3 Å². The summed E-state index contributed by atoms with van der Waals surface area (Å²) in [5.41, 5.74) is 1.90. The lowest BCUT2D eigenvalue weighted by Gasteiger charge is -2.11. The van der Waals surface area contributed by atoms with Crippen LogP contribution in [-0.2, 0) is 0 Å². The fourth-order valence-electron chi connectivity index (χ4n) is 2.08. The molecule has 0 saturated heterocycles. The third kappa shape index (κ3) is 4.59. The molecule has 2 rings (SSSR count). The molecule has 0 atom stereocenters. The Kier molecular flexibility index (Phi) is 6.37. The van der Waals surface area contributed by atoms with Gasteiger partial charge >= 0.3 is 0 Å². The lowest BCUT2D eigenvalue weighted by atomic mass is 10.1. The molecule has 0 radical (unpaired) electrons. The minimum Gasteiger partial charge on any atom is -0.493 e. The summed E-state index contributed by atoms with van der Waals surface area (Å²) in [6, 6.07) is 15.1. The number of aromatic nitrogens is 1. The summed E-state index contributed by atoms with van der Waals surface area (Å²) in [7, 11) is 1.57. The number of pyridine rings is 1. The number of unbranched alkanes of at least 4 members (excludes halogenated alkanes) is 1. The Hall–Kier alpha value is -3.31. The van der Waals surface area contributed by atoms with E-state index in [2.05, 4.69) is 17.1 Å². The van der Waals surface area contributed by atoms with Crippen molar-refractivity contribution in [1.82, 2.24) is 4.98 Å². The second kappa shape index (κ2) is 8.97. The molecule has 0 amide bonds. The Balaban J connectivity index is 2.25. The van der Waals surface area contributed by atoms with E-state index in [0.717, 1.165) is 5.56 Å². The smallest absolute Gasteiger partial charge is 0.161 e. The maximum Gasteiger partial charge on any atom is 0.161 e. The van der Waals surface area contributed by atoms with Crippen molar-refractivity contribution in [2.24, 2.45) is 0 Å². The Bertz CT molecular complexity index is 786. The molecule has 0 aliphatic carbocycles. The quantitative estimate of drug-likeness (QED) is 0.572. The zero-order valence-electron chi connectivity index (χ0n) is 13.4. The highest BCUT2D eigenvalue weighted by Crippen LogP contribution is 2.29. The van der Waals surface area contributed by atoms with Gasteiger partial charge in [-0.2, -0.15) is 10.5 Å². The van der Waals surface area contributed by atoms with Gasteiger partial charge in [-0.1, -0.05) is 12.1 Å². The Morgan fingerprint density at radius 3 is 2.75 bits per heavy atom. The van der Waals surface area contributed by atoms with Crippen molar-refractivity contribution in [3.63, 3.8) is 0 Å². The fraction of sp³-hybridized carbons (Fsp3) is 0.211. The van der Waals surface area contributed by atoms with Gasteiger partial charge in [0.25, 0.3) is 0 Å². The van der Waals surface area contributed by atoms with Crippen molar-refractivity contribution in [2.75, 3.05) is 13.7 Å². The first-order valence-electron chi connectivity index (χ1n) is 7.49. The summed E-state index contributed by atoms with van der Waals surface area (Å²) in [4.78, 5) is 4.19. The van der Waals surface area contributed by atoms with Crippen molar-refractivity contribution in [2.45, 2.75) is 12.8 Å². The van der Waals surface area contributed by atoms with Crippen molar-refractivity contribution in [3.8, 4) is 23.6 Å². The van der Waals surface area contributed by atoms with Gasteiger partial charge in [-0.15, -0.1) is 0 Å². The van der Waals surface area contributed by atoms with Crippen LogP contribution in [0.3, 0.4) is 0 Å². The van der Waals surface area contributed by atoms with Crippen LogP contribution in [0.15, 0.2) is 42.6 Å². The van der Waals surface area contributed by atoms with Crippen LogP contribution in [0.1, 0.15) is 24.1 Å². The molecule has 120 valence electrons. The molecule has 0 spiro atoms. The lowest BCUT2D eigenvalue weighted by Crippen LogP contribution is -1.99. The summed E-state index contributed by atoms with van der Waals surface area (Å²) in [5, 5.41) is 17.9. The third-order valence-electron chi connectivity index (χ3n) is 3.25. The van der Waals surface area contributed by atoms with Gasteiger partial charge in [0.2, 0.25) is 0 Å². The normalized spacial score (nSPS) is 10.5. The monoisotopic (exact) mass is 319 g/mol. The first-order chi connectivity index (χ1) is 11.8. The molecular formula is C19H17N3O2. The van der Waals surface area contributed by atoms with E-state index in [-0.39, 0.29) is 0 Å². The summed E-state index contributed by atoms with van der Waals surface area (Å²) < 4.78 is 11.0. The molecule has 24 heavy (non-hydrogen) atoms. The molecule has 0 bridgehead atoms. The number of hydrogen-bond donors (Lipinski definition) is 0. The number of rotatable bonds is 7. The maximum atomic E-state index is 9.37. The van der Waals surface area contributed by atoms with Gasteiger partial charge < -0.3 is 9.47 Å². The van der Waals surface area contributed by atoms with Crippen LogP contribution in [0.5, 0.6) is 11.5 Å². The van der Waals surface area contributed by atoms with Gasteiger partial charge in [-0.3, -0.25) is 4.98 Å². The molecule has 1 aromatic carbocycles. The second-order valence-corrected chi connectivity index (χ2v) is 4.91. The van der Waals surface area contributed by atoms with Gasteiger partial charge in [-0.25, -0.2) is 0 Å². The van der Waals surface area contributed by atoms with Gasteiger partial charge in [0.15, 0.2) is 11.5 Å². The summed E-state index contributed by atoms with van der Waals surface area (Å²) in [6.07, 6.45) is 4.50. The van der Waals surface area contributed by atoms with E-state index < -0.39 is 0 Å². The van der Waals surface area contributed by atoms with Crippen molar-refractivity contribution >= 4 is 11.6 Å². The summed E-state index contributed by atoms with van der Waals surface area (Å²) in [5.74, 6) is 1.20. The van der Waals surface area contributed by atoms with E-state index in [1.807, 2.05) is 18.2 Å². The SMILES string of the molecule is COc1ccc(C=C(C#N)c2ccccn2)cc1OCCCC#N. The number of ether oxygens (including phenoxy) is 2. The van der Waals surface area contributed by atoms with Gasteiger partial charge in [0.1, 0.15) is 6.07 Å². The first kappa shape index (κ1) is 17.1. The molecule has 1 heterocycles. The van der Waals surface area contributed by atoms with Crippen LogP contribution < -0.4 is 9.47 Å². The number of allylic oxidation sites excluding steroid dienone is 1. The Morgan fingerprint density at radius 1 is 1.21 bits per heavy atom. The number of hydrogen-bond acceptors (Lipinski definition) is 5. The number of methoxy groups -OCH3 is 1. The van der Waals surface area contributed by atoms with E-state index in [1.54, 1.807) is 37.6 Å². The van der Waals surface area contributed by atoms with E-state index in [9.17, 15) is 5.26 Å². The average molecular weight is 319 g/mol. The summed E-state index contributed by atoms with van der Waals surface area (Å²) in [6.45, 7) is 0.433. The van der Waals surface area contributed by atoms with Crippen LogP contribution in [-0.4, -0.2) is 18.7 Å². The van der Waals surface area contributed by atoms with Crippen molar-refractivity contribution in [1.29, 1.82) is 10.5 Å². The Morgan fingerprint density at radius 2 is 2.08 bits per heavy atom. The van der Waals surface area contributed by atoms with Gasteiger partial charge in [0, 0.05) is 12.6 Å². The van der Waals surface area contributed by atoms with Crippen molar-refractivity contribution < 1.29 is 9.47 Å². The second-order valence-electron chi connectivity index (χ2n) is 4.91. The van der Waals surface area contributed by atoms with Crippen LogP contribution in [0.2, 0.25) is 0 Å². The zero-order chi connectivity index (χ0) is 17.2. The minimum atomic E-state index is 0.433. The lowest BCUT2D eigenvalue weighted by molar-refractivity contribution is 0.290. The standard InChI is InChI=1S/C19H17N3O2/c1-23-18-8-7-15(13-19(18)24-11-5-3-9-20)12-16(14-21)17-6-2-4-10-22-17/h2,4,6-8,10,12-13H,3,5,11H2,1H3. The van der Waals surface area contributed by atoms with E-state index >= 15 is 0 Å². The first-order valence-corrected chi connectivity index (χ1v) is 7.49. The highest BCUT2D eigenvalue weighted by molar-refractivity contribution is 5.88. The molecule has 0 aliphatic rings. The molecule has 0 fully saturated rings. The molecule has 5 nitrogen and oxygen atoms in total. The van der Waals surface area contributed by atoms with Crippen LogP contribution >= 0.6 is 0 Å². The molecular weight excluding hydrogens is 302 g/mol. The van der Waals surface area contributed by atoms with Crippen LogP contribution in [0, 0.1) is 22.7 Å². The number of nitrogens with zero attached hydrogens (tertiary/aromatic N) is 3. The fourth-order valence-corrected chi connectivity index (χ4v) is 2.08. The zero-order valence-corrected chi connectivity index (χ0v) is 13.4. The van der Waals surface area contributed by atoms with Crippen LogP contribution in [0.25, 0.3) is 11.6 Å². The third-order valence-corrected chi connectivity index (χ3v) is 3.25. The summed E-state index contributed by atoms with van der Waals surface area (Å²) >= 11 is 0. The topological polar surface area (TPSA) is 78.9 Å². The molecule has 5 heteroatoms. The van der Waals surface area contributed by atoms with E-state index in [0.29, 0.717) is 42.2 Å². The average Bonchev–Trinajstić information content (AvgIpc) is 2.64. The number of nitriles is 2. The Labute approximate surface area is 141 Å². The van der Waals surface area contributed by atoms with E-state index in [1.165, 1.54) is 0 Å². The molecule has 0 unspecified atom stereocenters. The van der Waals surface area contributed by atoms with Gasteiger partial charge in [0.05, 0.1) is 31.1 Å². The molecule has 0 aliphatic heterocycles. The molecule has 2 aromatic rings. The largest absolute Gasteiger partial charge is 0.493 e. The maximum absolute atomic E-state index is 9.37. The predicted molar refractivity (Wildman–Crippen MR) is 91.1 cm³/mol. The predicted octanol–water partition coefficient (Wildman–Crippen LogP) is 3.84.